The minimum Gasteiger partial charge on any atom is -0.469 e. The number of piperidine rings is 1. The Morgan fingerprint density at radius 2 is 2.15 bits per heavy atom. The normalized spacial score (nSPS) is 45.9. The first kappa shape index (κ1) is 19.4. The number of hydrogen-bond acceptors (Lipinski definition) is 4. The topological polar surface area (TPSA) is 58.6 Å². The van der Waals surface area contributed by atoms with Crippen molar-refractivity contribution in [3.8, 4) is 0 Å². The largest absolute Gasteiger partial charge is 0.469 e. The second-order valence-corrected chi connectivity index (χ2v) is 10.2. The molecule has 0 aromatic rings. The minimum absolute atomic E-state index is 0.0318. The van der Waals surface area contributed by atoms with Gasteiger partial charge in [0, 0.05) is 23.8 Å². The summed E-state index contributed by atoms with van der Waals surface area (Å²) in [6.45, 7) is 7.98. The summed E-state index contributed by atoms with van der Waals surface area (Å²) in [5, 5.41) is 15.1. The molecule has 7 atom stereocenters. The Balaban J connectivity index is 1.87. The minimum atomic E-state index is -0.264. The van der Waals surface area contributed by atoms with E-state index in [1.807, 2.05) is 0 Å². The molecule has 2 saturated carbocycles. The number of allylic oxidation sites excluding steroid dienone is 1. The Morgan fingerprint density at radius 1 is 1.37 bits per heavy atom. The zero-order valence-electron chi connectivity index (χ0n) is 17.5. The van der Waals surface area contributed by atoms with E-state index in [1.165, 1.54) is 32.8 Å². The van der Waals surface area contributed by atoms with E-state index < -0.39 is 0 Å². The Kier molecular flexibility index (Phi) is 4.95. The lowest BCUT2D eigenvalue weighted by atomic mass is 9.41. The molecular formula is C23H37NO3. The van der Waals surface area contributed by atoms with Gasteiger partial charge in [0.25, 0.3) is 0 Å². The maximum atomic E-state index is 12.2. The molecule has 1 heterocycles. The van der Waals surface area contributed by atoms with E-state index in [-0.39, 0.29) is 34.9 Å². The van der Waals surface area contributed by atoms with Gasteiger partial charge >= 0.3 is 5.97 Å². The van der Waals surface area contributed by atoms with Crippen LogP contribution in [-0.2, 0) is 9.53 Å². The number of aliphatic hydroxyl groups is 1. The molecule has 0 aromatic heterocycles. The molecule has 2 N–H and O–H groups in total. The van der Waals surface area contributed by atoms with E-state index in [0.717, 1.165) is 19.4 Å². The van der Waals surface area contributed by atoms with Crippen LogP contribution >= 0.6 is 0 Å². The third-order valence-corrected chi connectivity index (χ3v) is 8.92. The molecule has 1 saturated heterocycles. The zero-order chi connectivity index (χ0) is 19.4. The maximum absolute atomic E-state index is 12.2. The van der Waals surface area contributed by atoms with E-state index in [4.69, 9.17) is 4.74 Å². The maximum Gasteiger partial charge on any atom is 0.305 e. The number of methoxy groups -OCH3 is 1. The molecule has 3 aliphatic carbocycles. The SMILES string of the molecule is COC(=O)CC[C@]12C3=CCC[C@@H]3CC[C@@H]3CN[C@H]1[C@@H](C(C)C)[C@H](O)C[C@@]32C. The second-order valence-electron chi connectivity index (χ2n) is 10.2. The first-order valence-corrected chi connectivity index (χ1v) is 11.0. The van der Waals surface area contributed by atoms with Crippen LogP contribution in [0.5, 0.6) is 0 Å². The van der Waals surface area contributed by atoms with Crippen molar-refractivity contribution in [2.24, 2.45) is 34.5 Å². The van der Waals surface area contributed by atoms with Gasteiger partial charge in [-0.3, -0.25) is 4.79 Å². The Morgan fingerprint density at radius 3 is 2.85 bits per heavy atom. The zero-order valence-corrected chi connectivity index (χ0v) is 17.5. The highest BCUT2D eigenvalue weighted by Crippen LogP contribution is 2.69. The fraction of sp³-hybridized carbons (Fsp3) is 0.870. The third kappa shape index (κ3) is 2.66. The van der Waals surface area contributed by atoms with Gasteiger partial charge in [-0.25, -0.2) is 0 Å². The highest BCUT2D eigenvalue weighted by atomic mass is 16.5. The summed E-state index contributed by atoms with van der Waals surface area (Å²) in [4.78, 5) is 12.2. The lowest BCUT2D eigenvalue weighted by molar-refractivity contribution is -0.166. The summed E-state index contributed by atoms with van der Waals surface area (Å²) in [5.74, 6) is 1.78. The fourth-order valence-electron chi connectivity index (χ4n) is 7.75. The standard InChI is InChI=1S/C23H37NO3/c1-14(2)20-18(25)12-22(3)16-9-8-15-6-5-7-17(15)23(22,21(20)24-13-16)11-10-19(26)27-4/h7,14-16,18,20-21,24-25H,5-6,8-13H2,1-4H3/t15-,16-,18-,20+,21+,22+,23+/m1/s1. The molecule has 0 amide bonds. The van der Waals surface area contributed by atoms with Crippen molar-refractivity contribution in [3.05, 3.63) is 11.6 Å². The van der Waals surface area contributed by atoms with Crippen LogP contribution in [0, 0.1) is 34.5 Å². The van der Waals surface area contributed by atoms with Gasteiger partial charge in [-0.05, 0) is 68.2 Å². The van der Waals surface area contributed by atoms with Gasteiger partial charge in [0.1, 0.15) is 0 Å². The molecule has 4 nitrogen and oxygen atoms in total. The van der Waals surface area contributed by atoms with Gasteiger partial charge < -0.3 is 15.2 Å². The summed E-state index contributed by atoms with van der Waals surface area (Å²) in [6, 6.07) is 0.247. The van der Waals surface area contributed by atoms with Crippen molar-refractivity contribution in [3.63, 3.8) is 0 Å². The van der Waals surface area contributed by atoms with E-state index in [0.29, 0.717) is 24.2 Å². The molecule has 4 aliphatic rings. The monoisotopic (exact) mass is 375 g/mol. The Hall–Kier alpha value is -0.870. The van der Waals surface area contributed by atoms with Gasteiger partial charge in [0.2, 0.25) is 0 Å². The van der Waals surface area contributed by atoms with Crippen LogP contribution in [0.15, 0.2) is 11.6 Å². The average molecular weight is 376 g/mol. The predicted molar refractivity (Wildman–Crippen MR) is 106 cm³/mol. The molecule has 0 radical (unpaired) electrons. The lowest BCUT2D eigenvalue weighted by Crippen LogP contribution is -2.72. The van der Waals surface area contributed by atoms with E-state index in [2.05, 4.69) is 32.2 Å². The quantitative estimate of drug-likeness (QED) is 0.581. The summed E-state index contributed by atoms with van der Waals surface area (Å²) in [6.07, 6.45) is 9.37. The van der Waals surface area contributed by atoms with Crippen molar-refractivity contribution in [2.45, 2.75) is 77.9 Å². The average Bonchev–Trinajstić information content (AvgIpc) is 3.06. The van der Waals surface area contributed by atoms with Crippen molar-refractivity contribution in [2.75, 3.05) is 13.7 Å². The summed E-state index contributed by atoms with van der Waals surface area (Å²) < 4.78 is 5.04. The van der Waals surface area contributed by atoms with Crippen LogP contribution in [0.4, 0.5) is 0 Å². The Labute approximate surface area is 164 Å². The van der Waals surface area contributed by atoms with E-state index in [1.54, 1.807) is 5.57 Å². The van der Waals surface area contributed by atoms with Crippen LogP contribution in [0.1, 0.15) is 65.7 Å². The summed E-state index contributed by atoms with van der Waals surface area (Å²) in [7, 11) is 1.50. The van der Waals surface area contributed by atoms with Gasteiger partial charge in [0.05, 0.1) is 13.2 Å². The van der Waals surface area contributed by atoms with Crippen LogP contribution in [-0.4, -0.2) is 36.9 Å². The molecular weight excluding hydrogens is 338 g/mol. The van der Waals surface area contributed by atoms with Gasteiger partial charge in [-0.2, -0.15) is 0 Å². The first-order chi connectivity index (χ1) is 12.8. The number of rotatable bonds is 4. The second kappa shape index (κ2) is 6.88. The van der Waals surface area contributed by atoms with Crippen molar-refractivity contribution < 1.29 is 14.6 Å². The highest BCUT2D eigenvalue weighted by Gasteiger charge is 2.68. The number of fused-ring (bicyclic) bond motifs is 1. The summed E-state index contributed by atoms with van der Waals surface area (Å²) in [5.41, 5.74) is 1.63. The molecule has 4 bridgehead atoms. The van der Waals surface area contributed by atoms with E-state index in [9.17, 15) is 9.90 Å². The van der Waals surface area contributed by atoms with Crippen LogP contribution in [0.25, 0.3) is 0 Å². The number of aliphatic hydroxyl groups excluding tert-OH is 1. The molecule has 4 heteroatoms. The molecule has 3 fully saturated rings. The lowest BCUT2D eigenvalue weighted by Gasteiger charge is -2.67. The van der Waals surface area contributed by atoms with Crippen LogP contribution in [0.3, 0.4) is 0 Å². The summed E-state index contributed by atoms with van der Waals surface area (Å²) >= 11 is 0. The number of esters is 1. The molecule has 1 aliphatic heterocycles. The first-order valence-electron chi connectivity index (χ1n) is 11.0. The highest BCUT2D eigenvalue weighted by molar-refractivity contribution is 5.69. The van der Waals surface area contributed by atoms with Crippen LogP contribution < -0.4 is 5.32 Å². The van der Waals surface area contributed by atoms with Crippen molar-refractivity contribution in [1.82, 2.24) is 5.32 Å². The number of hydrogen-bond donors (Lipinski definition) is 2. The van der Waals surface area contributed by atoms with Gasteiger partial charge in [0.15, 0.2) is 0 Å². The van der Waals surface area contributed by atoms with Crippen molar-refractivity contribution in [1.29, 1.82) is 0 Å². The molecule has 152 valence electrons. The number of nitrogens with one attached hydrogen (secondary N) is 1. The van der Waals surface area contributed by atoms with Gasteiger partial charge in [-0.15, -0.1) is 0 Å². The predicted octanol–water partition coefficient (Wildman–Crippen LogP) is 3.69. The molecule has 27 heavy (non-hydrogen) atoms. The fourth-order valence-corrected chi connectivity index (χ4v) is 7.75. The Bertz CT molecular complexity index is 629. The molecule has 0 spiro atoms. The third-order valence-electron chi connectivity index (χ3n) is 8.92. The van der Waals surface area contributed by atoms with Crippen LogP contribution in [0.2, 0.25) is 0 Å². The molecule has 4 rings (SSSR count). The number of ether oxygens (including phenoxy) is 1. The van der Waals surface area contributed by atoms with Crippen molar-refractivity contribution >= 4 is 5.97 Å². The van der Waals surface area contributed by atoms with E-state index >= 15 is 0 Å². The number of carbonyl (C=O) groups excluding carboxylic acids is 1. The molecule has 0 aromatic carbocycles. The molecule has 0 unspecified atom stereocenters. The smallest absolute Gasteiger partial charge is 0.305 e. The number of carbonyl (C=O) groups is 1. The van der Waals surface area contributed by atoms with Gasteiger partial charge in [-0.1, -0.05) is 32.4 Å².